The summed E-state index contributed by atoms with van der Waals surface area (Å²) in [5, 5.41) is 0. The van der Waals surface area contributed by atoms with Gasteiger partial charge >= 0.3 is 0 Å². The van der Waals surface area contributed by atoms with Gasteiger partial charge in [0.2, 0.25) is 0 Å². The minimum Gasteiger partial charge on any atom is -0.379 e. The Labute approximate surface area is 89.8 Å². The van der Waals surface area contributed by atoms with Crippen molar-refractivity contribution in [2.24, 2.45) is 0 Å². The summed E-state index contributed by atoms with van der Waals surface area (Å²) < 4.78 is 10.5. The molecule has 0 atom stereocenters. The third kappa shape index (κ3) is 4.65. The van der Waals surface area contributed by atoms with E-state index in [2.05, 4.69) is 31.2 Å². The average Bonchev–Trinajstić information content (AvgIpc) is 2.21. The number of rotatable bonds is 6. The summed E-state index contributed by atoms with van der Waals surface area (Å²) in [4.78, 5) is 1.13. The van der Waals surface area contributed by atoms with Gasteiger partial charge in [0.1, 0.15) is 0 Å². The van der Waals surface area contributed by atoms with Crippen LogP contribution in [0.25, 0.3) is 0 Å². The van der Waals surface area contributed by atoms with E-state index in [9.17, 15) is 0 Å². The molecule has 0 spiro atoms. The second kappa shape index (κ2) is 6.87. The van der Waals surface area contributed by atoms with E-state index in [1.54, 1.807) is 0 Å². The largest absolute Gasteiger partial charge is 0.379 e. The van der Waals surface area contributed by atoms with Gasteiger partial charge in [-0.05, 0) is 26.0 Å². The molecule has 1 rings (SSSR count). The maximum Gasteiger partial charge on any atom is 0.0852 e. The van der Waals surface area contributed by atoms with E-state index in [0.717, 1.165) is 11.5 Å². The lowest BCUT2D eigenvalue weighted by atomic mass is 10.2. The fourth-order valence-electron chi connectivity index (χ4n) is 0.941. The van der Waals surface area contributed by atoms with Gasteiger partial charge in [-0.2, -0.15) is 0 Å². The van der Waals surface area contributed by atoms with E-state index in [4.69, 9.17) is 8.92 Å². The van der Waals surface area contributed by atoms with Crippen molar-refractivity contribution in [1.82, 2.24) is 0 Å². The standard InChI is InChI=1S/C11H16O2S/c1-3-12-8-9-13-14-11-6-4-10(2)5-7-11/h4-7H,3,8-9H2,1-2H3. The van der Waals surface area contributed by atoms with Gasteiger partial charge in [0.15, 0.2) is 0 Å². The molecular formula is C11H16O2S. The van der Waals surface area contributed by atoms with Crippen molar-refractivity contribution in [3.8, 4) is 0 Å². The van der Waals surface area contributed by atoms with Gasteiger partial charge in [-0.3, -0.25) is 0 Å². The quantitative estimate of drug-likeness (QED) is 0.533. The predicted molar refractivity (Wildman–Crippen MR) is 59.5 cm³/mol. The van der Waals surface area contributed by atoms with E-state index in [1.807, 2.05) is 6.92 Å². The Morgan fingerprint density at radius 3 is 2.50 bits per heavy atom. The normalized spacial score (nSPS) is 10.4. The van der Waals surface area contributed by atoms with Crippen molar-refractivity contribution in [1.29, 1.82) is 0 Å². The molecule has 0 fully saturated rings. The van der Waals surface area contributed by atoms with Crippen LogP contribution >= 0.6 is 12.0 Å². The van der Waals surface area contributed by atoms with Crippen molar-refractivity contribution in [2.75, 3.05) is 19.8 Å². The Hall–Kier alpha value is -0.510. The van der Waals surface area contributed by atoms with Gasteiger partial charge < -0.3 is 8.92 Å². The number of hydrogen-bond donors (Lipinski definition) is 0. The zero-order valence-corrected chi connectivity index (χ0v) is 9.47. The SMILES string of the molecule is CCOCCOSc1ccc(C)cc1. The Morgan fingerprint density at radius 1 is 1.14 bits per heavy atom. The molecule has 78 valence electrons. The smallest absolute Gasteiger partial charge is 0.0852 e. The molecule has 0 amide bonds. The minimum atomic E-state index is 0.631. The third-order valence-corrected chi connectivity index (χ3v) is 2.44. The first-order valence-corrected chi connectivity index (χ1v) is 5.51. The van der Waals surface area contributed by atoms with Crippen LogP contribution < -0.4 is 0 Å². The van der Waals surface area contributed by atoms with E-state index < -0.39 is 0 Å². The van der Waals surface area contributed by atoms with Gasteiger partial charge in [-0.1, -0.05) is 17.7 Å². The maximum absolute atomic E-state index is 5.35. The zero-order valence-electron chi connectivity index (χ0n) is 8.66. The van der Waals surface area contributed by atoms with Crippen LogP contribution in [0.5, 0.6) is 0 Å². The van der Waals surface area contributed by atoms with Crippen molar-refractivity contribution in [3.05, 3.63) is 29.8 Å². The average molecular weight is 212 g/mol. The van der Waals surface area contributed by atoms with Crippen LogP contribution in [-0.2, 0) is 8.92 Å². The second-order valence-corrected chi connectivity index (χ2v) is 3.79. The molecule has 0 N–H and O–H groups in total. The number of ether oxygens (including phenoxy) is 1. The molecular weight excluding hydrogens is 196 g/mol. The fraction of sp³-hybridized carbons (Fsp3) is 0.455. The zero-order chi connectivity index (χ0) is 10.2. The van der Waals surface area contributed by atoms with Gasteiger partial charge in [-0.25, -0.2) is 0 Å². The van der Waals surface area contributed by atoms with Crippen LogP contribution in [0.15, 0.2) is 29.2 Å². The van der Waals surface area contributed by atoms with Gasteiger partial charge in [0.05, 0.1) is 13.2 Å². The van der Waals surface area contributed by atoms with Crippen LogP contribution in [0.3, 0.4) is 0 Å². The van der Waals surface area contributed by atoms with Crippen LogP contribution in [-0.4, -0.2) is 19.8 Å². The maximum atomic E-state index is 5.35. The van der Waals surface area contributed by atoms with Crippen LogP contribution in [0.1, 0.15) is 12.5 Å². The number of hydrogen-bond acceptors (Lipinski definition) is 3. The van der Waals surface area contributed by atoms with Gasteiger partial charge in [0.25, 0.3) is 0 Å². The minimum absolute atomic E-state index is 0.631. The van der Waals surface area contributed by atoms with E-state index in [0.29, 0.717) is 13.2 Å². The lowest BCUT2D eigenvalue weighted by Crippen LogP contribution is -1.99. The topological polar surface area (TPSA) is 18.5 Å². The summed E-state index contributed by atoms with van der Waals surface area (Å²) in [6.45, 7) is 6.10. The molecule has 1 aromatic rings. The van der Waals surface area contributed by atoms with Crippen molar-refractivity contribution in [2.45, 2.75) is 18.7 Å². The van der Waals surface area contributed by atoms with E-state index in [1.165, 1.54) is 17.6 Å². The Morgan fingerprint density at radius 2 is 1.86 bits per heavy atom. The second-order valence-electron chi connectivity index (χ2n) is 2.92. The molecule has 0 aliphatic heterocycles. The number of aryl methyl sites for hydroxylation is 1. The summed E-state index contributed by atoms with van der Waals surface area (Å²) in [5.74, 6) is 0. The molecule has 0 saturated heterocycles. The molecule has 0 aliphatic carbocycles. The van der Waals surface area contributed by atoms with Crippen molar-refractivity contribution < 1.29 is 8.92 Å². The van der Waals surface area contributed by atoms with Gasteiger partial charge in [-0.15, -0.1) is 0 Å². The Bertz CT molecular complexity index is 246. The summed E-state index contributed by atoms with van der Waals surface area (Å²) in [7, 11) is 0. The first-order chi connectivity index (χ1) is 6.83. The summed E-state index contributed by atoms with van der Waals surface area (Å²) in [6.07, 6.45) is 0. The highest BCUT2D eigenvalue weighted by atomic mass is 32.2. The summed E-state index contributed by atoms with van der Waals surface area (Å²) in [6, 6.07) is 8.27. The molecule has 0 unspecified atom stereocenters. The predicted octanol–water partition coefficient (Wildman–Crippen LogP) is 3.06. The molecule has 1 aromatic carbocycles. The highest BCUT2D eigenvalue weighted by Crippen LogP contribution is 2.18. The Kier molecular flexibility index (Phi) is 5.68. The molecule has 0 radical (unpaired) electrons. The lowest BCUT2D eigenvalue weighted by molar-refractivity contribution is 0.117. The van der Waals surface area contributed by atoms with Crippen LogP contribution in [0.4, 0.5) is 0 Å². The van der Waals surface area contributed by atoms with Crippen LogP contribution in [0.2, 0.25) is 0 Å². The van der Waals surface area contributed by atoms with Crippen molar-refractivity contribution in [3.63, 3.8) is 0 Å². The fourth-order valence-corrected chi connectivity index (χ4v) is 1.48. The molecule has 0 aliphatic rings. The Balaban J connectivity index is 2.15. The van der Waals surface area contributed by atoms with Gasteiger partial charge in [0, 0.05) is 23.5 Å². The summed E-state index contributed by atoms with van der Waals surface area (Å²) in [5.41, 5.74) is 1.27. The molecule has 0 saturated carbocycles. The first kappa shape index (κ1) is 11.6. The van der Waals surface area contributed by atoms with Crippen molar-refractivity contribution >= 4 is 12.0 Å². The first-order valence-electron chi connectivity index (χ1n) is 4.77. The lowest BCUT2D eigenvalue weighted by Gasteiger charge is -2.03. The van der Waals surface area contributed by atoms with Crippen LogP contribution in [0, 0.1) is 6.92 Å². The molecule has 0 bridgehead atoms. The highest BCUT2D eigenvalue weighted by molar-refractivity contribution is 7.94. The molecule has 14 heavy (non-hydrogen) atoms. The molecule has 0 heterocycles. The third-order valence-electron chi connectivity index (χ3n) is 1.69. The molecule has 3 heteroatoms. The summed E-state index contributed by atoms with van der Waals surface area (Å²) >= 11 is 1.40. The monoisotopic (exact) mass is 212 g/mol. The molecule has 2 nitrogen and oxygen atoms in total. The molecule has 0 aromatic heterocycles. The van der Waals surface area contributed by atoms with E-state index in [-0.39, 0.29) is 0 Å². The number of benzene rings is 1. The highest BCUT2D eigenvalue weighted by Gasteiger charge is 1.94. The van der Waals surface area contributed by atoms with E-state index >= 15 is 0 Å².